The van der Waals surface area contributed by atoms with Crippen LogP contribution in [0.1, 0.15) is 25.3 Å². The quantitative estimate of drug-likeness (QED) is 0.906. The highest BCUT2D eigenvalue weighted by molar-refractivity contribution is 5.45. The van der Waals surface area contributed by atoms with Crippen LogP contribution in [0.25, 0.3) is 5.65 Å². The topological polar surface area (TPSA) is 45.5 Å². The second-order valence-corrected chi connectivity index (χ2v) is 5.25. The third-order valence-corrected chi connectivity index (χ3v) is 3.74. The first-order valence-electron chi connectivity index (χ1n) is 7.07. The lowest BCUT2D eigenvalue weighted by Crippen LogP contribution is -2.38. The Bertz CT molecular complexity index is 556. The number of aryl methyl sites for hydroxylation is 1. The molecule has 3 rings (SSSR count). The van der Waals surface area contributed by atoms with E-state index in [4.69, 9.17) is 0 Å². The van der Waals surface area contributed by atoms with Gasteiger partial charge in [0.1, 0.15) is 0 Å². The molecule has 2 aromatic heterocycles. The number of hydrogen-bond acceptors (Lipinski definition) is 4. The Hall–Kier alpha value is -1.62. The van der Waals surface area contributed by atoms with Gasteiger partial charge in [-0.1, -0.05) is 6.07 Å². The van der Waals surface area contributed by atoms with Crippen molar-refractivity contribution in [1.29, 1.82) is 0 Å². The molecule has 0 aliphatic carbocycles. The van der Waals surface area contributed by atoms with E-state index < -0.39 is 0 Å². The van der Waals surface area contributed by atoms with E-state index in [0.29, 0.717) is 6.04 Å². The molecular formula is C14H21N5. The minimum atomic E-state index is 0.577. The van der Waals surface area contributed by atoms with Crippen LogP contribution in [0, 0.1) is 6.92 Å². The number of hydrogen-bond donors (Lipinski definition) is 1. The van der Waals surface area contributed by atoms with Crippen LogP contribution in [0.2, 0.25) is 0 Å². The molecule has 1 N–H and O–H groups in total. The first-order chi connectivity index (χ1) is 9.26. The molecule has 1 saturated heterocycles. The van der Waals surface area contributed by atoms with E-state index in [0.717, 1.165) is 31.2 Å². The molecule has 102 valence electrons. The molecule has 1 aliphatic rings. The summed E-state index contributed by atoms with van der Waals surface area (Å²) >= 11 is 0. The van der Waals surface area contributed by atoms with Crippen molar-refractivity contribution in [3.63, 3.8) is 0 Å². The van der Waals surface area contributed by atoms with Crippen LogP contribution in [-0.4, -0.2) is 40.3 Å². The molecule has 0 amide bonds. The SMILES string of the molecule is CCN(CC1CCCN1)c1nc2ccc(C)cn2n1. The van der Waals surface area contributed by atoms with Gasteiger partial charge in [0.05, 0.1) is 0 Å². The normalized spacial score (nSPS) is 19.2. The van der Waals surface area contributed by atoms with Crippen LogP contribution in [0.3, 0.4) is 0 Å². The zero-order chi connectivity index (χ0) is 13.2. The summed E-state index contributed by atoms with van der Waals surface area (Å²) in [6.45, 7) is 7.30. The summed E-state index contributed by atoms with van der Waals surface area (Å²) in [5.41, 5.74) is 2.11. The summed E-state index contributed by atoms with van der Waals surface area (Å²) < 4.78 is 1.87. The second kappa shape index (κ2) is 5.17. The van der Waals surface area contributed by atoms with Gasteiger partial charge < -0.3 is 10.2 Å². The number of anilines is 1. The predicted molar refractivity (Wildman–Crippen MR) is 76.6 cm³/mol. The molecule has 2 aromatic rings. The summed E-state index contributed by atoms with van der Waals surface area (Å²) in [7, 11) is 0. The van der Waals surface area contributed by atoms with Crippen molar-refractivity contribution in [3.05, 3.63) is 23.9 Å². The van der Waals surface area contributed by atoms with Gasteiger partial charge in [0.15, 0.2) is 5.65 Å². The number of pyridine rings is 1. The summed E-state index contributed by atoms with van der Waals surface area (Å²) in [6.07, 6.45) is 4.55. The zero-order valence-corrected chi connectivity index (χ0v) is 11.6. The van der Waals surface area contributed by atoms with Crippen molar-refractivity contribution in [2.75, 3.05) is 24.5 Å². The minimum Gasteiger partial charge on any atom is -0.338 e. The molecule has 5 nitrogen and oxygen atoms in total. The third kappa shape index (κ3) is 2.56. The summed E-state index contributed by atoms with van der Waals surface area (Å²) in [6, 6.07) is 4.67. The van der Waals surface area contributed by atoms with Crippen LogP contribution < -0.4 is 10.2 Å². The molecule has 5 heteroatoms. The van der Waals surface area contributed by atoms with E-state index in [1.54, 1.807) is 0 Å². The van der Waals surface area contributed by atoms with Crippen LogP contribution in [0.4, 0.5) is 5.95 Å². The highest BCUT2D eigenvalue weighted by Gasteiger charge is 2.19. The van der Waals surface area contributed by atoms with E-state index in [2.05, 4.69) is 40.2 Å². The van der Waals surface area contributed by atoms with Crippen LogP contribution in [-0.2, 0) is 0 Å². The Labute approximate surface area is 113 Å². The van der Waals surface area contributed by atoms with Gasteiger partial charge in [-0.25, -0.2) is 4.52 Å². The molecule has 0 saturated carbocycles. The average Bonchev–Trinajstić information content (AvgIpc) is 3.03. The van der Waals surface area contributed by atoms with Gasteiger partial charge in [0.25, 0.3) is 0 Å². The molecule has 0 radical (unpaired) electrons. The molecule has 3 heterocycles. The molecular weight excluding hydrogens is 238 g/mol. The number of likely N-dealkylation sites (N-methyl/N-ethyl adjacent to an activating group) is 1. The molecule has 0 aromatic carbocycles. The van der Waals surface area contributed by atoms with Crippen molar-refractivity contribution in [2.45, 2.75) is 32.7 Å². The maximum Gasteiger partial charge on any atom is 0.245 e. The summed E-state index contributed by atoms with van der Waals surface area (Å²) in [4.78, 5) is 6.87. The number of fused-ring (bicyclic) bond motifs is 1. The van der Waals surface area contributed by atoms with Crippen LogP contribution >= 0.6 is 0 Å². The fourth-order valence-corrected chi connectivity index (χ4v) is 2.64. The Morgan fingerprint density at radius 1 is 1.47 bits per heavy atom. The van der Waals surface area contributed by atoms with Crippen molar-refractivity contribution >= 4 is 11.6 Å². The van der Waals surface area contributed by atoms with E-state index in [-0.39, 0.29) is 0 Å². The Morgan fingerprint density at radius 2 is 2.37 bits per heavy atom. The van der Waals surface area contributed by atoms with Crippen LogP contribution in [0.5, 0.6) is 0 Å². The first kappa shape index (κ1) is 12.4. The van der Waals surface area contributed by atoms with Gasteiger partial charge in [-0.05, 0) is 44.9 Å². The van der Waals surface area contributed by atoms with Crippen molar-refractivity contribution in [2.24, 2.45) is 0 Å². The molecule has 1 fully saturated rings. The molecule has 0 bridgehead atoms. The van der Waals surface area contributed by atoms with Crippen molar-refractivity contribution in [3.8, 4) is 0 Å². The molecule has 1 atom stereocenters. The highest BCUT2D eigenvalue weighted by Crippen LogP contribution is 2.14. The largest absolute Gasteiger partial charge is 0.338 e. The van der Waals surface area contributed by atoms with Gasteiger partial charge in [0, 0.05) is 25.3 Å². The summed E-state index contributed by atoms with van der Waals surface area (Å²) in [5, 5.41) is 8.12. The van der Waals surface area contributed by atoms with Gasteiger partial charge in [-0.15, -0.1) is 5.10 Å². The van der Waals surface area contributed by atoms with Gasteiger partial charge >= 0.3 is 0 Å². The fraction of sp³-hybridized carbons (Fsp3) is 0.571. The lowest BCUT2D eigenvalue weighted by atomic mass is 10.2. The number of nitrogens with one attached hydrogen (secondary N) is 1. The van der Waals surface area contributed by atoms with Crippen molar-refractivity contribution < 1.29 is 0 Å². The fourth-order valence-electron chi connectivity index (χ4n) is 2.64. The van der Waals surface area contributed by atoms with Gasteiger partial charge in [-0.3, -0.25) is 0 Å². The lowest BCUT2D eigenvalue weighted by Gasteiger charge is -2.22. The van der Waals surface area contributed by atoms with Crippen molar-refractivity contribution in [1.82, 2.24) is 19.9 Å². The Morgan fingerprint density at radius 3 is 3.11 bits per heavy atom. The molecule has 0 spiro atoms. The van der Waals surface area contributed by atoms with Gasteiger partial charge in [-0.2, -0.15) is 4.98 Å². The Balaban J connectivity index is 1.83. The predicted octanol–water partition coefficient (Wildman–Crippen LogP) is 1.62. The summed E-state index contributed by atoms with van der Waals surface area (Å²) in [5.74, 6) is 0.835. The molecule has 1 aliphatic heterocycles. The smallest absolute Gasteiger partial charge is 0.245 e. The second-order valence-electron chi connectivity index (χ2n) is 5.25. The van der Waals surface area contributed by atoms with E-state index in [1.165, 1.54) is 18.4 Å². The average molecular weight is 259 g/mol. The lowest BCUT2D eigenvalue weighted by molar-refractivity contribution is 0.580. The zero-order valence-electron chi connectivity index (χ0n) is 11.6. The third-order valence-electron chi connectivity index (χ3n) is 3.74. The maximum atomic E-state index is 4.62. The standard InChI is InChI=1S/C14H21N5/c1-3-18(10-12-5-4-8-15-12)14-16-13-7-6-11(2)9-19(13)17-14/h6-7,9,12,15H,3-5,8,10H2,1-2H3. The highest BCUT2D eigenvalue weighted by atomic mass is 15.4. The molecule has 19 heavy (non-hydrogen) atoms. The van der Waals surface area contributed by atoms with E-state index >= 15 is 0 Å². The van der Waals surface area contributed by atoms with Gasteiger partial charge in [0.2, 0.25) is 5.95 Å². The number of nitrogens with zero attached hydrogens (tertiary/aromatic N) is 4. The minimum absolute atomic E-state index is 0.577. The van der Waals surface area contributed by atoms with E-state index in [9.17, 15) is 0 Å². The van der Waals surface area contributed by atoms with E-state index in [1.807, 2.05) is 16.8 Å². The maximum absolute atomic E-state index is 4.62. The number of rotatable bonds is 4. The molecule has 1 unspecified atom stereocenters. The first-order valence-corrected chi connectivity index (χ1v) is 7.07. The Kier molecular flexibility index (Phi) is 3.38. The number of aromatic nitrogens is 3. The monoisotopic (exact) mass is 259 g/mol. The van der Waals surface area contributed by atoms with Crippen LogP contribution in [0.15, 0.2) is 18.3 Å².